The van der Waals surface area contributed by atoms with Crippen LogP contribution in [0.15, 0.2) is 72.8 Å². The fourth-order valence-corrected chi connectivity index (χ4v) is 2.87. The number of rotatable bonds is 9. The summed E-state index contributed by atoms with van der Waals surface area (Å²) >= 11 is 0. The number of alkyl halides is 3. The lowest BCUT2D eigenvalue weighted by Gasteiger charge is -2.22. The highest BCUT2D eigenvalue weighted by Crippen LogP contribution is 2.29. The first-order valence-corrected chi connectivity index (χ1v) is 10.2. The van der Waals surface area contributed by atoms with Gasteiger partial charge in [0.25, 0.3) is 0 Å². The lowest BCUT2D eigenvalue weighted by atomic mass is 10.1. The highest BCUT2D eigenvalue weighted by Gasteiger charge is 2.30. The van der Waals surface area contributed by atoms with Crippen molar-refractivity contribution in [3.8, 4) is 11.5 Å². The summed E-state index contributed by atoms with van der Waals surface area (Å²) < 4.78 is 49.1. The van der Waals surface area contributed by atoms with Crippen LogP contribution in [-0.2, 0) is 24.1 Å². The van der Waals surface area contributed by atoms with E-state index in [1.165, 1.54) is 26.0 Å². The first-order chi connectivity index (χ1) is 15.5. The summed E-state index contributed by atoms with van der Waals surface area (Å²) in [4.78, 5) is 11.2. The van der Waals surface area contributed by atoms with Crippen molar-refractivity contribution in [3.05, 3.63) is 89.5 Å². The van der Waals surface area contributed by atoms with E-state index in [0.29, 0.717) is 23.6 Å². The van der Waals surface area contributed by atoms with Gasteiger partial charge >= 0.3 is 12.1 Å². The van der Waals surface area contributed by atoms with Crippen LogP contribution in [0, 0.1) is 0 Å². The maximum absolute atomic E-state index is 12.6. The van der Waals surface area contributed by atoms with Gasteiger partial charge in [0.2, 0.25) is 0 Å². The van der Waals surface area contributed by atoms with E-state index in [1.807, 2.05) is 18.2 Å². The topological polar surface area (TPSA) is 67.8 Å². The molecular formula is C25H24F3NO4. The molecule has 174 valence electrons. The van der Waals surface area contributed by atoms with E-state index in [4.69, 9.17) is 9.47 Å². The number of hydrogen-bond acceptors (Lipinski definition) is 4. The molecule has 0 bridgehead atoms. The zero-order chi connectivity index (χ0) is 24.1. The molecule has 33 heavy (non-hydrogen) atoms. The molecule has 0 saturated heterocycles. The van der Waals surface area contributed by atoms with Crippen LogP contribution in [0.5, 0.6) is 11.5 Å². The van der Waals surface area contributed by atoms with Gasteiger partial charge in [0.1, 0.15) is 18.1 Å². The Bertz CT molecular complexity index is 1080. The molecule has 5 nitrogen and oxygen atoms in total. The standard InChI is InChI=1S/C25H24F3NO4/c1-24(2,23(30)31)33-22-5-3-4-20(14-22)29-15-17-8-12-21(13-9-17)32-16-18-6-10-19(11-7-18)25(26,27)28/h3-14,29H,15-16H2,1-2H3,(H,30,31). The number of ether oxygens (including phenoxy) is 2. The smallest absolute Gasteiger partial charge is 0.416 e. The number of anilines is 1. The van der Waals surface area contributed by atoms with Crippen molar-refractivity contribution in [2.45, 2.75) is 38.8 Å². The average Bonchev–Trinajstić information content (AvgIpc) is 2.76. The molecule has 3 rings (SSSR count). The molecule has 0 amide bonds. The van der Waals surface area contributed by atoms with Crippen LogP contribution in [0.25, 0.3) is 0 Å². The summed E-state index contributed by atoms with van der Waals surface area (Å²) in [5.74, 6) is -0.00847. The molecule has 0 aliphatic heterocycles. The predicted molar refractivity (Wildman–Crippen MR) is 118 cm³/mol. The van der Waals surface area contributed by atoms with Crippen molar-refractivity contribution in [3.63, 3.8) is 0 Å². The Morgan fingerprint density at radius 3 is 2.15 bits per heavy atom. The molecule has 2 N–H and O–H groups in total. The van der Waals surface area contributed by atoms with Gasteiger partial charge in [0.15, 0.2) is 5.60 Å². The minimum atomic E-state index is -4.35. The van der Waals surface area contributed by atoms with E-state index in [0.717, 1.165) is 23.4 Å². The van der Waals surface area contributed by atoms with Crippen LogP contribution in [-0.4, -0.2) is 16.7 Å². The summed E-state index contributed by atoms with van der Waals surface area (Å²) in [5, 5.41) is 12.4. The zero-order valence-electron chi connectivity index (χ0n) is 18.1. The lowest BCUT2D eigenvalue weighted by molar-refractivity contribution is -0.152. The normalized spacial score (nSPS) is 11.7. The quantitative estimate of drug-likeness (QED) is 0.402. The number of carboxylic acid groups (broad SMARTS) is 1. The number of carbonyl (C=O) groups is 1. The molecule has 0 fully saturated rings. The first kappa shape index (κ1) is 24.0. The molecule has 8 heteroatoms. The number of hydrogen-bond donors (Lipinski definition) is 2. The van der Waals surface area contributed by atoms with Crippen LogP contribution in [0.4, 0.5) is 18.9 Å². The minimum Gasteiger partial charge on any atom is -0.489 e. The van der Waals surface area contributed by atoms with Crippen LogP contribution in [0.1, 0.15) is 30.5 Å². The Hall–Kier alpha value is -3.68. The molecule has 0 heterocycles. The third kappa shape index (κ3) is 6.90. The highest BCUT2D eigenvalue weighted by molar-refractivity contribution is 5.76. The Labute approximate surface area is 189 Å². The third-order valence-corrected chi connectivity index (χ3v) is 4.83. The van der Waals surface area contributed by atoms with Crippen LogP contribution in [0.2, 0.25) is 0 Å². The van der Waals surface area contributed by atoms with E-state index in [1.54, 1.807) is 30.3 Å². The fraction of sp³-hybridized carbons (Fsp3) is 0.240. The third-order valence-electron chi connectivity index (χ3n) is 4.83. The number of benzene rings is 3. The molecule has 0 unspecified atom stereocenters. The number of nitrogens with one attached hydrogen (secondary N) is 1. The van der Waals surface area contributed by atoms with Gasteiger partial charge in [-0.05, 0) is 61.4 Å². The van der Waals surface area contributed by atoms with E-state index in [9.17, 15) is 23.1 Å². The highest BCUT2D eigenvalue weighted by atomic mass is 19.4. The number of halogens is 3. The second kappa shape index (κ2) is 9.85. The van der Waals surface area contributed by atoms with Crippen molar-refractivity contribution < 1.29 is 32.5 Å². The van der Waals surface area contributed by atoms with Crippen LogP contribution >= 0.6 is 0 Å². The van der Waals surface area contributed by atoms with Gasteiger partial charge in [-0.3, -0.25) is 0 Å². The van der Waals surface area contributed by atoms with Gasteiger partial charge in [-0.25, -0.2) is 4.79 Å². The summed E-state index contributed by atoms with van der Waals surface area (Å²) in [6.07, 6.45) is -4.35. The maximum Gasteiger partial charge on any atom is 0.416 e. The van der Waals surface area contributed by atoms with Crippen molar-refractivity contribution in [2.75, 3.05) is 5.32 Å². The Morgan fingerprint density at radius 2 is 1.55 bits per heavy atom. The van der Waals surface area contributed by atoms with Crippen LogP contribution < -0.4 is 14.8 Å². The molecule has 0 aromatic heterocycles. The molecule has 0 aliphatic carbocycles. The molecular weight excluding hydrogens is 435 g/mol. The molecule has 0 aliphatic rings. The summed E-state index contributed by atoms with van der Waals surface area (Å²) in [5.41, 5.74) is 0.368. The minimum absolute atomic E-state index is 0.162. The molecule has 0 radical (unpaired) electrons. The Kier molecular flexibility index (Phi) is 7.16. The van der Waals surface area contributed by atoms with E-state index < -0.39 is 23.3 Å². The van der Waals surface area contributed by atoms with Gasteiger partial charge in [0.05, 0.1) is 5.56 Å². The van der Waals surface area contributed by atoms with E-state index >= 15 is 0 Å². The molecule has 0 atom stereocenters. The second-order valence-corrected chi connectivity index (χ2v) is 7.93. The maximum atomic E-state index is 12.6. The molecule has 3 aromatic carbocycles. The monoisotopic (exact) mass is 459 g/mol. The van der Waals surface area contributed by atoms with Gasteiger partial charge in [-0.2, -0.15) is 13.2 Å². The number of aliphatic carboxylic acids is 1. The van der Waals surface area contributed by atoms with E-state index in [2.05, 4.69) is 5.32 Å². The number of carboxylic acids is 1. The van der Waals surface area contributed by atoms with Gasteiger partial charge in [-0.1, -0.05) is 30.3 Å². The Balaban J connectivity index is 1.52. The predicted octanol–water partition coefficient (Wildman–Crippen LogP) is 6.14. The van der Waals surface area contributed by atoms with Crippen LogP contribution in [0.3, 0.4) is 0 Å². The van der Waals surface area contributed by atoms with Crippen molar-refractivity contribution in [1.82, 2.24) is 0 Å². The van der Waals surface area contributed by atoms with E-state index in [-0.39, 0.29) is 6.61 Å². The SMILES string of the molecule is CC(C)(Oc1cccc(NCc2ccc(OCc3ccc(C(F)(F)F)cc3)cc2)c1)C(=O)O. The van der Waals surface area contributed by atoms with Crippen molar-refractivity contribution in [2.24, 2.45) is 0 Å². The summed E-state index contributed by atoms with van der Waals surface area (Å²) in [6.45, 7) is 3.65. The lowest BCUT2D eigenvalue weighted by Crippen LogP contribution is -2.37. The first-order valence-electron chi connectivity index (χ1n) is 10.2. The molecule has 0 saturated carbocycles. The van der Waals surface area contributed by atoms with Gasteiger partial charge < -0.3 is 19.9 Å². The molecule has 3 aromatic rings. The zero-order valence-corrected chi connectivity index (χ0v) is 18.1. The summed E-state index contributed by atoms with van der Waals surface area (Å²) in [7, 11) is 0. The molecule has 0 spiro atoms. The van der Waals surface area contributed by atoms with Crippen molar-refractivity contribution in [1.29, 1.82) is 0 Å². The fourth-order valence-electron chi connectivity index (χ4n) is 2.87. The van der Waals surface area contributed by atoms with Crippen molar-refractivity contribution >= 4 is 11.7 Å². The Morgan fingerprint density at radius 1 is 0.909 bits per heavy atom. The average molecular weight is 459 g/mol. The van der Waals surface area contributed by atoms with Gasteiger partial charge in [0, 0.05) is 18.3 Å². The van der Waals surface area contributed by atoms with Gasteiger partial charge in [-0.15, -0.1) is 0 Å². The second-order valence-electron chi connectivity index (χ2n) is 7.93. The largest absolute Gasteiger partial charge is 0.489 e. The summed E-state index contributed by atoms with van der Waals surface area (Å²) in [6, 6.07) is 19.2.